The zero-order valence-corrected chi connectivity index (χ0v) is 18.5. The molecule has 0 bridgehead atoms. The lowest BCUT2D eigenvalue weighted by Crippen LogP contribution is -2.15. The summed E-state index contributed by atoms with van der Waals surface area (Å²) >= 11 is 3.09. The third-order valence-corrected chi connectivity index (χ3v) is 6.73. The molecule has 0 aliphatic carbocycles. The number of amides is 1. The minimum absolute atomic E-state index is 0.0823. The van der Waals surface area contributed by atoms with Gasteiger partial charge in [0.15, 0.2) is 5.16 Å². The zero-order chi connectivity index (χ0) is 20.9. The van der Waals surface area contributed by atoms with Crippen LogP contribution in [0.1, 0.15) is 18.2 Å². The van der Waals surface area contributed by atoms with Gasteiger partial charge < -0.3 is 9.88 Å². The van der Waals surface area contributed by atoms with Gasteiger partial charge in [-0.05, 0) is 35.9 Å². The van der Waals surface area contributed by atoms with E-state index in [2.05, 4.69) is 46.5 Å². The topological polar surface area (TPSA) is 59.8 Å². The van der Waals surface area contributed by atoms with Gasteiger partial charge in [-0.15, -0.1) is 11.3 Å². The Bertz CT molecular complexity index is 1150. The van der Waals surface area contributed by atoms with Crippen LogP contribution >= 0.6 is 23.1 Å². The number of anilines is 1. The number of imidazole rings is 1. The second-order valence-corrected chi connectivity index (χ2v) is 8.71. The first kappa shape index (κ1) is 20.4. The van der Waals surface area contributed by atoms with Gasteiger partial charge in [-0.1, -0.05) is 43.3 Å². The number of rotatable bonds is 7. The molecule has 0 aliphatic heterocycles. The van der Waals surface area contributed by atoms with E-state index in [1.807, 2.05) is 47.5 Å². The van der Waals surface area contributed by atoms with Crippen LogP contribution in [0.4, 0.5) is 5.69 Å². The molecule has 0 saturated carbocycles. The molecular weight excluding hydrogens is 412 g/mol. The third kappa shape index (κ3) is 4.80. The zero-order valence-electron chi connectivity index (χ0n) is 16.8. The van der Waals surface area contributed by atoms with Crippen LogP contribution in [0.2, 0.25) is 0 Å². The molecule has 1 N–H and O–H groups in total. The van der Waals surface area contributed by atoms with Crippen LogP contribution in [-0.4, -0.2) is 20.4 Å². The minimum Gasteiger partial charge on any atom is -0.329 e. The van der Waals surface area contributed by atoms with Crippen LogP contribution < -0.4 is 5.32 Å². The lowest BCUT2D eigenvalue weighted by molar-refractivity contribution is -0.115. The summed E-state index contributed by atoms with van der Waals surface area (Å²) in [4.78, 5) is 22.6. The average molecular weight is 435 g/mol. The molecule has 0 atom stereocenters. The van der Waals surface area contributed by atoms with E-state index >= 15 is 0 Å². The van der Waals surface area contributed by atoms with Gasteiger partial charge in [-0.2, -0.15) is 0 Å². The van der Waals surface area contributed by atoms with Gasteiger partial charge >= 0.3 is 0 Å². The van der Waals surface area contributed by atoms with Crippen molar-refractivity contribution in [3.8, 4) is 10.6 Å². The van der Waals surface area contributed by atoms with Gasteiger partial charge in [0.1, 0.15) is 5.01 Å². The summed E-state index contributed by atoms with van der Waals surface area (Å²) < 4.78 is 1.95. The minimum atomic E-state index is -0.0823. The Kier molecular flexibility index (Phi) is 6.30. The standard InChI is InChI=1S/C23H22N4OS2/c1-3-16-8-10-17(11-9-16)22-25-18(15-29-22)14-21(28)26-19-6-4-5-7-20(19)30-23-24-12-13-27(23)2/h4-13,15H,3,14H2,1-2H3,(H,26,28). The Labute approximate surface area is 184 Å². The fraction of sp³-hybridized carbons (Fsp3) is 0.174. The van der Waals surface area contributed by atoms with Crippen molar-refractivity contribution >= 4 is 34.7 Å². The summed E-state index contributed by atoms with van der Waals surface area (Å²) in [5, 5.41) is 6.78. The van der Waals surface area contributed by atoms with Crippen molar-refractivity contribution in [3.63, 3.8) is 0 Å². The molecule has 0 aliphatic rings. The van der Waals surface area contributed by atoms with E-state index in [1.54, 1.807) is 17.5 Å². The number of nitrogens with zero attached hydrogens (tertiary/aromatic N) is 3. The first-order valence-electron chi connectivity index (χ1n) is 9.70. The van der Waals surface area contributed by atoms with Crippen LogP contribution in [-0.2, 0) is 24.7 Å². The Morgan fingerprint density at radius 2 is 1.97 bits per heavy atom. The largest absolute Gasteiger partial charge is 0.329 e. The van der Waals surface area contributed by atoms with Crippen molar-refractivity contribution in [2.24, 2.45) is 7.05 Å². The van der Waals surface area contributed by atoms with Gasteiger partial charge in [-0.3, -0.25) is 4.79 Å². The normalized spacial score (nSPS) is 10.9. The molecule has 30 heavy (non-hydrogen) atoms. The van der Waals surface area contributed by atoms with Crippen molar-refractivity contribution in [1.82, 2.24) is 14.5 Å². The fourth-order valence-electron chi connectivity index (χ4n) is 2.97. The predicted molar refractivity (Wildman–Crippen MR) is 123 cm³/mol. The van der Waals surface area contributed by atoms with Gasteiger partial charge in [-0.25, -0.2) is 9.97 Å². The molecule has 152 valence electrons. The Morgan fingerprint density at radius 3 is 2.70 bits per heavy atom. The number of hydrogen-bond acceptors (Lipinski definition) is 5. The number of hydrogen-bond donors (Lipinski definition) is 1. The Morgan fingerprint density at radius 1 is 1.17 bits per heavy atom. The van der Waals surface area contributed by atoms with Crippen LogP contribution in [0, 0.1) is 0 Å². The lowest BCUT2D eigenvalue weighted by Gasteiger charge is -2.10. The Balaban J connectivity index is 1.43. The van der Waals surface area contributed by atoms with Gasteiger partial charge in [0.2, 0.25) is 5.91 Å². The van der Waals surface area contributed by atoms with E-state index in [4.69, 9.17) is 0 Å². The number of carbonyl (C=O) groups excluding carboxylic acids is 1. The van der Waals surface area contributed by atoms with Gasteiger partial charge in [0, 0.05) is 35.3 Å². The second-order valence-electron chi connectivity index (χ2n) is 6.84. The molecule has 4 aromatic rings. The molecule has 7 heteroatoms. The van der Waals surface area contributed by atoms with Crippen molar-refractivity contribution < 1.29 is 4.79 Å². The molecule has 0 radical (unpaired) electrons. The van der Waals surface area contributed by atoms with Gasteiger partial charge in [0.25, 0.3) is 0 Å². The molecule has 0 fully saturated rings. The number of aromatic nitrogens is 3. The molecule has 1 amide bonds. The number of para-hydroxylation sites is 1. The lowest BCUT2D eigenvalue weighted by atomic mass is 10.1. The fourth-order valence-corrected chi connectivity index (χ4v) is 4.69. The highest BCUT2D eigenvalue weighted by molar-refractivity contribution is 7.99. The van der Waals surface area contributed by atoms with E-state index in [9.17, 15) is 4.79 Å². The molecule has 2 aromatic carbocycles. The second kappa shape index (κ2) is 9.28. The number of benzene rings is 2. The summed E-state index contributed by atoms with van der Waals surface area (Å²) in [7, 11) is 1.95. The number of carbonyl (C=O) groups is 1. The highest BCUT2D eigenvalue weighted by Crippen LogP contribution is 2.32. The van der Waals surface area contributed by atoms with Crippen molar-refractivity contribution in [2.75, 3.05) is 5.32 Å². The van der Waals surface area contributed by atoms with Crippen molar-refractivity contribution in [1.29, 1.82) is 0 Å². The highest BCUT2D eigenvalue weighted by atomic mass is 32.2. The van der Waals surface area contributed by atoms with E-state index in [0.717, 1.165) is 38.4 Å². The molecule has 4 rings (SSSR count). The highest BCUT2D eigenvalue weighted by Gasteiger charge is 2.13. The quantitative estimate of drug-likeness (QED) is 0.421. The van der Waals surface area contributed by atoms with E-state index < -0.39 is 0 Å². The summed E-state index contributed by atoms with van der Waals surface area (Å²) in [6.45, 7) is 2.14. The molecular formula is C23H22N4OS2. The SMILES string of the molecule is CCc1ccc(-c2nc(CC(=O)Nc3ccccc3Sc3nccn3C)cs2)cc1. The third-order valence-electron chi connectivity index (χ3n) is 4.64. The van der Waals surface area contributed by atoms with Crippen molar-refractivity contribution in [2.45, 2.75) is 29.8 Å². The molecule has 0 saturated heterocycles. The van der Waals surface area contributed by atoms with Crippen LogP contribution in [0.5, 0.6) is 0 Å². The average Bonchev–Trinajstić information content (AvgIpc) is 3.38. The molecule has 5 nitrogen and oxygen atoms in total. The molecule has 0 unspecified atom stereocenters. The summed E-state index contributed by atoms with van der Waals surface area (Å²) in [6.07, 6.45) is 4.92. The summed E-state index contributed by atoms with van der Waals surface area (Å²) in [6, 6.07) is 16.2. The summed E-state index contributed by atoms with van der Waals surface area (Å²) in [5.74, 6) is -0.0823. The van der Waals surface area contributed by atoms with E-state index in [1.165, 1.54) is 17.3 Å². The number of thiazole rings is 1. The maximum Gasteiger partial charge on any atom is 0.230 e. The molecule has 0 spiro atoms. The van der Waals surface area contributed by atoms with E-state index in [-0.39, 0.29) is 12.3 Å². The van der Waals surface area contributed by atoms with Crippen LogP contribution in [0.25, 0.3) is 10.6 Å². The summed E-state index contributed by atoms with van der Waals surface area (Å²) in [5.41, 5.74) is 3.94. The maximum atomic E-state index is 12.7. The predicted octanol–water partition coefficient (Wildman–Crippen LogP) is 5.44. The van der Waals surface area contributed by atoms with Gasteiger partial charge in [0.05, 0.1) is 17.8 Å². The first-order chi connectivity index (χ1) is 14.6. The van der Waals surface area contributed by atoms with Crippen LogP contribution in [0.3, 0.4) is 0 Å². The van der Waals surface area contributed by atoms with Crippen LogP contribution in [0.15, 0.2) is 76.4 Å². The Hall–Kier alpha value is -2.90. The number of aryl methyl sites for hydroxylation is 2. The smallest absolute Gasteiger partial charge is 0.230 e. The molecule has 2 aromatic heterocycles. The number of nitrogens with one attached hydrogen (secondary N) is 1. The van der Waals surface area contributed by atoms with E-state index in [0.29, 0.717) is 0 Å². The maximum absolute atomic E-state index is 12.7. The monoisotopic (exact) mass is 434 g/mol. The van der Waals surface area contributed by atoms with Crippen molar-refractivity contribution in [3.05, 3.63) is 77.6 Å². The first-order valence-corrected chi connectivity index (χ1v) is 11.4. The molecule has 2 heterocycles.